The average Bonchev–Trinajstić information content (AvgIpc) is 1.84. The fraction of sp³-hybridized carbons (Fsp3) is 0.833. The highest BCUT2D eigenvalue weighted by Crippen LogP contribution is 1.96. The molecule has 10 heavy (non-hydrogen) atoms. The SMILES string of the molecule is [2H]C([2H])(N)C[13CH2]C[13C@H]([15NH2])[13C](=O)O.[HH]. The summed E-state index contributed by atoms with van der Waals surface area (Å²) in [4.78, 5) is 10.2. The Balaban J connectivity index is 0. The van der Waals surface area contributed by atoms with Gasteiger partial charge in [0, 0.05) is 4.17 Å². The van der Waals surface area contributed by atoms with Crippen LogP contribution in [-0.2, 0) is 4.79 Å². The van der Waals surface area contributed by atoms with E-state index < -0.39 is 18.5 Å². The first-order valence-electron chi connectivity index (χ1n) is 4.10. The van der Waals surface area contributed by atoms with Crippen LogP contribution < -0.4 is 11.5 Å². The summed E-state index contributed by atoms with van der Waals surface area (Å²) in [5.41, 5.74) is 10.2. The fourth-order valence-corrected chi connectivity index (χ4v) is 0.548. The monoisotopic (exact) mass is 154 g/mol. The molecule has 0 aromatic heterocycles. The van der Waals surface area contributed by atoms with Gasteiger partial charge in [-0.25, -0.2) is 0 Å². The summed E-state index contributed by atoms with van der Waals surface area (Å²) in [7, 11) is 0. The highest BCUT2D eigenvalue weighted by Gasteiger charge is 2.09. The van der Waals surface area contributed by atoms with Crippen LogP contribution in [0.15, 0.2) is 0 Å². The molecule has 0 unspecified atom stereocenters. The Morgan fingerprint density at radius 2 is 2.40 bits per heavy atom. The minimum Gasteiger partial charge on any atom is -0.480 e. The van der Waals surface area contributed by atoms with E-state index >= 15 is 0 Å². The number of carbonyl (C=O) groups is 1. The Hall–Kier alpha value is -0.610. The predicted molar refractivity (Wildman–Crippen MR) is 40.6 cm³/mol. The van der Waals surface area contributed by atoms with E-state index in [9.17, 15) is 4.79 Å². The Bertz CT molecular complexity index is 160. The number of carboxylic acid groups (broad SMARTS) is 1. The van der Waals surface area contributed by atoms with Crippen molar-refractivity contribution < 1.29 is 14.1 Å². The Morgan fingerprint density at radius 1 is 1.80 bits per heavy atom. The van der Waals surface area contributed by atoms with E-state index in [-0.39, 0.29) is 14.3 Å². The van der Waals surface area contributed by atoms with Crippen LogP contribution in [0.3, 0.4) is 0 Å². The molecule has 0 saturated heterocycles. The molecule has 4 heteroatoms. The van der Waals surface area contributed by atoms with Crippen molar-refractivity contribution >= 4 is 5.97 Å². The zero-order valence-corrected chi connectivity index (χ0v) is 5.71. The minimum absolute atomic E-state index is 0. The highest BCUT2D eigenvalue weighted by atomic mass is 16.5. The molecule has 0 aromatic carbocycles. The van der Waals surface area contributed by atoms with Crippen LogP contribution in [0, 0.1) is 0 Å². The van der Waals surface area contributed by atoms with Crippen molar-refractivity contribution in [2.24, 2.45) is 11.5 Å². The first-order chi connectivity index (χ1) is 5.33. The van der Waals surface area contributed by atoms with Gasteiger partial charge in [-0.1, -0.05) is 6.42 Å². The molecule has 62 valence electrons. The maximum atomic E-state index is 10.2. The number of nitrogens with two attached hydrogens (primary N) is 2. The van der Waals surface area contributed by atoms with Crippen molar-refractivity contribution in [3.63, 3.8) is 0 Å². The summed E-state index contributed by atoms with van der Waals surface area (Å²) < 4.78 is 13.9. The summed E-state index contributed by atoms with van der Waals surface area (Å²) in [6.07, 6.45) is 0.775. The van der Waals surface area contributed by atoms with Crippen LogP contribution in [0.25, 0.3) is 0 Å². The van der Waals surface area contributed by atoms with E-state index in [1.54, 1.807) is 0 Å². The van der Waals surface area contributed by atoms with E-state index in [0.29, 0.717) is 6.42 Å². The van der Waals surface area contributed by atoms with Crippen molar-refractivity contribution in [2.45, 2.75) is 25.3 Å². The molecule has 5 N–H and O–H groups in total. The second-order valence-electron chi connectivity index (χ2n) is 2.04. The Morgan fingerprint density at radius 3 is 2.80 bits per heavy atom. The van der Waals surface area contributed by atoms with Gasteiger partial charge in [-0.15, -0.1) is 0 Å². The Labute approximate surface area is 64.5 Å². The lowest BCUT2D eigenvalue weighted by Crippen LogP contribution is -2.29. The van der Waals surface area contributed by atoms with Gasteiger partial charge < -0.3 is 16.6 Å². The molecule has 4 nitrogen and oxygen atoms in total. The molecular formula is C6H16N2O2. The number of hydrogen-bond acceptors (Lipinski definition) is 3. The van der Waals surface area contributed by atoms with Gasteiger partial charge in [-0.05, 0) is 19.3 Å². The van der Waals surface area contributed by atoms with E-state index in [4.69, 9.17) is 19.3 Å². The van der Waals surface area contributed by atoms with E-state index in [2.05, 4.69) is 0 Å². The second kappa shape index (κ2) is 5.20. The van der Waals surface area contributed by atoms with Gasteiger partial charge in [0.2, 0.25) is 0 Å². The molecule has 0 aromatic rings. The van der Waals surface area contributed by atoms with Gasteiger partial charge in [-0.3, -0.25) is 4.79 Å². The molecular weight excluding hydrogens is 136 g/mol. The first kappa shape index (κ1) is 6.12. The van der Waals surface area contributed by atoms with Gasteiger partial charge in [0.25, 0.3) is 0 Å². The molecule has 0 rings (SSSR count). The van der Waals surface area contributed by atoms with Gasteiger partial charge in [0.05, 0.1) is 0 Å². The molecule has 0 heterocycles. The number of aliphatic carboxylic acids is 1. The van der Waals surface area contributed by atoms with Crippen LogP contribution >= 0.6 is 0 Å². The van der Waals surface area contributed by atoms with Crippen LogP contribution in [0.5, 0.6) is 0 Å². The molecule has 0 aliphatic heterocycles. The van der Waals surface area contributed by atoms with Crippen molar-refractivity contribution in [3.05, 3.63) is 0 Å². The van der Waals surface area contributed by atoms with Gasteiger partial charge in [0.1, 0.15) is 6.04 Å². The van der Waals surface area contributed by atoms with Crippen LogP contribution in [0.4, 0.5) is 0 Å². The van der Waals surface area contributed by atoms with Gasteiger partial charge in [0.15, 0.2) is 0 Å². The first-order valence-corrected chi connectivity index (χ1v) is 3.10. The smallest absolute Gasteiger partial charge is 0.320 e. The molecule has 0 spiro atoms. The fourth-order valence-electron chi connectivity index (χ4n) is 0.548. The summed E-state index contributed by atoms with van der Waals surface area (Å²) >= 11 is 0. The quantitative estimate of drug-likeness (QED) is 0.377. The summed E-state index contributed by atoms with van der Waals surface area (Å²) in [5, 5.41) is 8.36. The summed E-state index contributed by atoms with van der Waals surface area (Å²) in [6, 6.07) is -0.910. The number of carboxylic acids is 1. The van der Waals surface area contributed by atoms with Crippen molar-refractivity contribution in [1.29, 1.82) is 0 Å². The molecule has 1 atom stereocenters. The van der Waals surface area contributed by atoms with Crippen LogP contribution in [0.2, 0.25) is 0 Å². The molecule has 0 amide bonds. The van der Waals surface area contributed by atoms with Crippen molar-refractivity contribution in [2.75, 3.05) is 6.50 Å². The maximum absolute atomic E-state index is 10.2. The number of hydrogen-bond donors (Lipinski definition) is 3. The lowest BCUT2D eigenvalue weighted by Gasteiger charge is -2.03. The van der Waals surface area contributed by atoms with Crippen molar-refractivity contribution in [1.82, 2.24) is 0 Å². The summed E-state index contributed by atoms with van der Waals surface area (Å²) in [6.45, 7) is -1.72. The molecule has 0 aliphatic rings. The molecule has 0 bridgehead atoms. The average molecular weight is 154 g/mol. The topological polar surface area (TPSA) is 89.3 Å². The standard InChI is InChI=1S/C6H14N2O2.H2/c7-4-2-1-3-5(8)6(9)10;/h5H,1-4,7-8H2,(H,9,10);1H/t5-;/m0./s1/i1+1,4D2,5+1,6+1,8+1;. The van der Waals surface area contributed by atoms with Gasteiger partial charge in [-0.2, -0.15) is 0 Å². The van der Waals surface area contributed by atoms with Crippen molar-refractivity contribution in [3.8, 4) is 0 Å². The molecule has 0 radical (unpaired) electrons. The zero-order chi connectivity index (χ0) is 9.78. The van der Waals surface area contributed by atoms with Gasteiger partial charge >= 0.3 is 5.97 Å². The Kier molecular flexibility index (Phi) is 3.18. The molecule has 0 aliphatic carbocycles. The molecule has 0 fully saturated rings. The van der Waals surface area contributed by atoms with E-state index in [1.165, 1.54) is 0 Å². The largest absolute Gasteiger partial charge is 0.480 e. The number of rotatable bonds is 5. The maximum Gasteiger partial charge on any atom is 0.320 e. The lowest BCUT2D eigenvalue weighted by molar-refractivity contribution is -0.138. The zero-order valence-electron chi connectivity index (χ0n) is 7.71. The van der Waals surface area contributed by atoms with Crippen LogP contribution in [-0.4, -0.2) is 23.6 Å². The third-order valence-corrected chi connectivity index (χ3v) is 1.15. The van der Waals surface area contributed by atoms with E-state index in [0.717, 1.165) is 0 Å². The third kappa shape index (κ3) is 4.29. The van der Waals surface area contributed by atoms with E-state index in [1.807, 2.05) is 0 Å². The predicted octanol–water partition coefficient (Wildman–Crippen LogP) is -0.227. The van der Waals surface area contributed by atoms with Crippen LogP contribution in [0.1, 0.15) is 23.4 Å². The molecule has 0 saturated carbocycles. The lowest BCUT2D eigenvalue weighted by atomic mass is 10.5. The normalized spacial score (nSPS) is 17.4. The minimum atomic E-state index is -1.72. The highest BCUT2D eigenvalue weighted by molar-refractivity contribution is 5.72. The second-order valence-corrected chi connectivity index (χ2v) is 2.04. The summed E-state index contributed by atoms with van der Waals surface area (Å²) in [5.74, 6) is -1.06. The third-order valence-electron chi connectivity index (χ3n) is 1.15.